The van der Waals surface area contributed by atoms with Gasteiger partial charge in [0.05, 0.1) is 22.9 Å². The number of amides is 2. The van der Waals surface area contributed by atoms with E-state index in [9.17, 15) is 23.9 Å². The summed E-state index contributed by atoms with van der Waals surface area (Å²) in [4.78, 5) is 36.5. The Morgan fingerprint density at radius 1 is 1.14 bits per heavy atom. The number of imide groups is 1. The van der Waals surface area contributed by atoms with Gasteiger partial charge in [0.25, 0.3) is 17.4 Å². The third kappa shape index (κ3) is 2.93. The van der Waals surface area contributed by atoms with Crippen LogP contribution in [0.3, 0.4) is 0 Å². The molecule has 0 bridgehead atoms. The zero-order valence-corrected chi connectivity index (χ0v) is 14.9. The molecule has 2 aliphatic rings. The van der Waals surface area contributed by atoms with Crippen molar-refractivity contribution in [3.8, 4) is 5.69 Å². The van der Waals surface area contributed by atoms with Crippen LogP contribution in [-0.2, 0) is 0 Å². The molecule has 2 heterocycles. The third-order valence-electron chi connectivity index (χ3n) is 5.22. The van der Waals surface area contributed by atoms with E-state index in [1.807, 2.05) is 0 Å². The molecule has 0 unspecified atom stereocenters. The number of nitrogen functional groups attached to an aromatic ring is 1. The van der Waals surface area contributed by atoms with Crippen LogP contribution in [0.2, 0.25) is 0 Å². The van der Waals surface area contributed by atoms with Gasteiger partial charge in [0.15, 0.2) is 0 Å². The van der Waals surface area contributed by atoms with Crippen LogP contribution < -0.4 is 21.9 Å². The number of aliphatic hydroxyl groups excluding tert-OH is 1. The largest absolute Gasteiger partial charge is 0.393 e. The standard InChI is InChI=1S/C19H19FN4O4/c20-12-2-1-3-13(22-9-4-6-10(25)7-5-9)16(12)24-14(26)8-11-15(17(24)21)19(28)23-18(11)27/h1-3,8-10,22,25H,4-7,21H2,(H,23,27,28). The number of halogens is 1. The number of rotatable bonds is 3. The Kier molecular flexibility index (Phi) is 4.38. The van der Waals surface area contributed by atoms with Crippen molar-refractivity contribution in [3.63, 3.8) is 0 Å². The topological polar surface area (TPSA) is 126 Å². The number of pyridine rings is 1. The Hall–Kier alpha value is -3.20. The molecule has 9 heteroatoms. The molecule has 28 heavy (non-hydrogen) atoms. The number of anilines is 2. The third-order valence-corrected chi connectivity index (χ3v) is 5.22. The zero-order chi connectivity index (χ0) is 20.0. The minimum absolute atomic E-state index is 0.000167. The number of benzene rings is 1. The van der Waals surface area contributed by atoms with E-state index in [0.29, 0.717) is 31.4 Å². The molecule has 0 spiro atoms. The molecule has 2 aromatic rings. The maximum absolute atomic E-state index is 14.8. The number of nitrogens with zero attached hydrogens (tertiary/aromatic N) is 1. The summed E-state index contributed by atoms with van der Waals surface area (Å²) in [6.07, 6.45) is 2.32. The second-order valence-corrected chi connectivity index (χ2v) is 7.06. The summed E-state index contributed by atoms with van der Waals surface area (Å²) in [5, 5.41) is 15.0. The lowest BCUT2D eigenvalue weighted by Gasteiger charge is -2.28. The molecule has 0 atom stereocenters. The molecule has 1 fully saturated rings. The number of aliphatic hydroxyl groups is 1. The molecular formula is C19H19FN4O4. The quantitative estimate of drug-likeness (QED) is 0.587. The van der Waals surface area contributed by atoms with Gasteiger partial charge in [-0.3, -0.25) is 24.3 Å². The van der Waals surface area contributed by atoms with E-state index in [2.05, 4.69) is 10.6 Å². The number of carbonyl (C=O) groups excluding carboxylic acids is 2. The highest BCUT2D eigenvalue weighted by molar-refractivity contribution is 6.23. The van der Waals surface area contributed by atoms with Gasteiger partial charge in [0, 0.05) is 12.1 Å². The van der Waals surface area contributed by atoms with Crippen LogP contribution in [0, 0.1) is 5.82 Å². The second-order valence-electron chi connectivity index (χ2n) is 7.06. The lowest BCUT2D eigenvalue weighted by Crippen LogP contribution is -2.30. The molecule has 146 valence electrons. The summed E-state index contributed by atoms with van der Waals surface area (Å²) < 4.78 is 15.7. The van der Waals surface area contributed by atoms with Crippen molar-refractivity contribution >= 4 is 23.3 Å². The van der Waals surface area contributed by atoms with Crippen molar-refractivity contribution in [3.05, 3.63) is 51.6 Å². The normalized spacial score (nSPS) is 21.4. The summed E-state index contributed by atoms with van der Waals surface area (Å²) in [5.74, 6) is -2.42. The molecular weight excluding hydrogens is 367 g/mol. The predicted octanol–water partition coefficient (Wildman–Crippen LogP) is 1.16. The number of hydrogen-bond acceptors (Lipinski definition) is 6. The van der Waals surface area contributed by atoms with Gasteiger partial charge in [-0.2, -0.15) is 0 Å². The van der Waals surface area contributed by atoms with Crippen LogP contribution in [0.15, 0.2) is 29.1 Å². The fourth-order valence-corrected chi connectivity index (χ4v) is 3.81. The van der Waals surface area contributed by atoms with E-state index in [4.69, 9.17) is 5.73 Å². The summed E-state index contributed by atoms with van der Waals surface area (Å²) in [7, 11) is 0. The van der Waals surface area contributed by atoms with Gasteiger partial charge in [-0.05, 0) is 37.8 Å². The number of aromatic nitrogens is 1. The Bertz CT molecular complexity index is 1040. The van der Waals surface area contributed by atoms with Crippen molar-refractivity contribution in [2.75, 3.05) is 11.1 Å². The summed E-state index contributed by atoms with van der Waals surface area (Å²) in [5.41, 5.74) is 5.30. The Morgan fingerprint density at radius 2 is 1.86 bits per heavy atom. The first-order valence-electron chi connectivity index (χ1n) is 9.01. The molecule has 1 aromatic heterocycles. The van der Waals surface area contributed by atoms with Gasteiger partial charge in [-0.15, -0.1) is 0 Å². The maximum atomic E-state index is 14.8. The van der Waals surface area contributed by atoms with Gasteiger partial charge < -0.3 is 16.2 Å². The average molecular weight is 386 g/mol. The van der Waals surface area contributed by atoms with Crippen molar-refractivity contribution in [1.29, 1.82) is 0 Å². The molecule has 4 rings (SSSR count). The van der Waals surface area contributed by atoms with Gasteiger partial charge in [0.2, 0.25) is 0 Å². The molecule has 1 aliphatic carbocycles. The average Bonchev–Trinajstić information content (AvgIpc) is 2.93. The Labute approximate surface area is 159 Å². The predicted molar refractivity (Wildman–Crippen MR) is 100 cm³/mol. The van der Waals surface area contributed by atoms with Gasteiger partial charge in [0.1, 0.15) is 17.3 Å². The van der Waals surface area contributed by atoms with Crippen LogP contribution in [0.5, 0.6) is 0 Å². The summed E-state index contributed by atoms with van der Waals surface area (Å²) >= 11 is 0. The number of nitrogens with one attached hydrogen (secondary N) is 2. The highest BCUT2D eigenvalue weighted by Crippen LogP contribution is 2.30. The molecule has 5 N–H and O–H groups in total. The van der Waals surface area contributed by atoms with Crippen molar-refractivity contribution in [1.82, 2.24) is 9.88 Å². The monoisotopic (exact) mass is 386 g/mol. The number of nitrogens with two attached hydrogens (primary N) is 1. The smallest absolute Gasteiger partial charge is 0.262 e. The Morgan fingerprint density at radius 3 is 2.57 bits per heavy atom. The zero-order valence-electron chi connectivity index (χ0n) is 14.9. The van der Waals surface area contributed by atoms with E-state index in [1.54, 1.807) is 6.07 Å². The number of carbonyl (C=O) groups is 2. The highest BCUT2D eigenvalue weighted by atomic mass is 19.1. The van der Waals surface area contributed by atoms with Crippen molar-refractivity contribution in [2.24, 2.45) is 0 Å². The molecule has 2 amide bonds. The van der Waals surface area contributed by atoms with Crippen LogP contribution in [0.25, 0.3) is 5.69 Å². The van der Waals surface area contributed by atoms with Crippen molar-refractivity contribution in [2.45, 2.75) is 37.8 Å². The van der Waals surface area contributed by atoms with Gasteiger partial charge >= 0.3 is 0 Å². The van der Waals surface area contributed by atoms with Crippen LogP contribution >= 0.6 is 0 Å². The minimum Gasteiger partial charge on any atom is -0.393 e. The minimum atomic E-state index is -0.724. The van der Waals surface area contributed by atoms with E-state index < -0.39 is 23.2 Å². The van der Waals surface area contributed by atoms with Crippen LogP contribution in [0.4, 0.5) is 15.9 Å². The summed E-state index contributed by atoms with van der Waals surface area (Å²) in [6.45, 7) is 0. The fraction of sp³-hybridized carbons (Fsp3) is 0.316. The van der Waals surface area contributed by atoms with Gasteiger partial charge in [-0.25, -0.2) is 4.39 Å². The first-order valence-corrected chi connectivity index (χ1v) is 9.01. The first-order chi connectivity index (χ1) is 13.4. The SMILES string of the molecule is Nc1c2c(cc(=O)n1-c1c(F)cccc1NC1CCC(O)CC1)C(=O)NC2=O. The molecule has 8 nitrogen and oxygen atoms in total. The van der Waals surface area contributed by atoms with E-state index in [1.165, 1.54) is 12.1 Å². The molecule has 1 saturated carbocycles. The van der Waals surface area contributed by atoms with Gasteiger partial charge in [-0.1, -0.05) is 6.07 Å². The number of hydrogen-bond donors (Lipinski definition) is 4. The van der Waals surface area contributed by atoms with E-state index >= 15 is 0 Å². The lowest BCUT2D eigenvalue weighted by atomic mass is 9.93. The lowest BCUT2D eigenvalue weighted by molar-refractivity contribution is 0.0879. The molecule has 1 aliphatic heterocycles. The maximum Gasteiger partial charge on any atom is 0.262 e. The summed E-state index contributed by atoms with van der Waals surface area (Å²) in [6, 6.07) is 5.30. The van der Waals surface area contributed by atoms with Crippen LogP contribution in [-0.4, -0.2) is 33.6 Å². The van der Waals surface area contributed by atoms with Crippen molar-refractivity contribution < 1.29 is 19.1 Å². The Balaban J connectivity index is 1.82. The number of fused-ring (bicyclic) bond motifs is 1. The first kappa shape index (κ1) is 18.2. The van der Waals surface area contributed by atoms with Crippen LogP contribution in [0.1, 0.15) is 46.4 Å². The molecule has 1 aromatic carbocycles. The molecule has 0 saturated heterocycles. The second kappa shape index (κ2) is 6.75. The molecule has 0 radical (unpaired) electrons. The van der Waals surface area contributed by atoms with E-state index in [0.717, 1.165) is 10.6 Å². The fourth-order valence-electron chi connectivity index (χ4n) is 3.81. The van der Waals surface area contributed by atoms with E-state index in [-0.39, 0.29) is 34.8 Å². The number of para-hydroxylation sites is 1. The highest BCUT2D eigenvalue weighted by Gasteiger charge is 2.33.